The largest absolute Gasteiger partial charge is 0.347 e. The maximum atomic E-state index is 12.8. The lowest BCUT2D eigenvalue weighted by atomic mass is 10.0. The number of benzene rings is 3. The summed E-state index contributed by atoms with van der Waals surface area (Å²) in [5.74, 6) is -0.818. The summed E-state index contributed by atoms with van der Waals surface area (Å²) in [7, 11) is 0. The Bertz CT molecular complexity index is 1360. The van der Waals surface area contributed by atoms with Crippen molar-refractivity contribution in [3.63, 3.8) is 0 Å². The molecule has 0 unspecified atom stereocenters. The number of halogens is 2. The number of amidine groups is 1. The molecule has 2 amide bonds. The van der Waals surface area contributed by atoms with E-state index in [4.69, 9.17) is 23.2 Å². The first kappa shape index (κ1) is 22.3. The molecule has 0 saturated heterocycles. The van der Waals surface area contributed by atoms with Crippen LogP contribution >= 0.6 is 23.2 Å². The molecule has 0 bridgehead atoms. The van der Waals surface area contributed by atoms with Crippen LogP contribution < -0.4 is 10.6 Å². The van der Waals surface area contributed by atoms with E-state index in [1.807, 2.05) is 36.4 Å². The standard InChI is InChI=1S/C25H16Cl2N4O2/c26-16-10-11-19(21(27)12-16)25(33)31-23-18-9-5-4-8-17(18)22(30-23)20(13-28)24(32)29-14-15-6-2-1-3-7-15/h1-12H,14H2,(H,29,32)(H,30,31,33)/b22-20-. The summed E-state index contributed by atoms with van der Waals surface area (Å²) in [4.78, 5) is 30.0. The number of nitriles is 1. The summed E-state index contributed by atoms with van der Waals surface area (Å²) >= 11 is 12.1. The number of nitrogens with zero attached hydrogens (tertiary/aromatic N) is 2. The molecule has 1 aliphatic rings. The second-order valence-electron chi connectivity index (χ2n) is 7.09. The van der Waals surface area contributed by atoms with E-state index in [2.05, 4.69) is 15.6 Å². The van der Waals surface area contributed by atoms with Gasteiger partial charge < -0.3 is 10.6 Å². The van der Waals surface area contributed by atoms with Crippen LogP contribution in [0.15, 0.2) is 83.4 Å². The predicted molar refractivity (Wildman–Crippen MR) is 128 cm³/mol. The van der Waals surface area contributed by atoms with Gasteiger partial charge in [0, 0.05) is 22.7 Å². The Kier molecular flexibility index (Phi) is 6.55. The molecule has 4 rings (SSSR count). The molecule has 3 aromatic rings. The van der Waals surface area contributed by atoms with E-state index in [1.54, 1.807) is 30.3 Å². The first-order valence-electron chi connectivity index (χ1n) is 9.89. The van der Waals surface area contributed by atoms with Gasteiger partial charge in [0.25, 0.3) is 11.8 Å². The second-order valence-corrected chi connectivity index (χ2v) is 7.93. The highest BCUT2D eigenvalue weighted by Crippen LogP contribution is 2.31. The van der Waals surface area contributed by atoms with Gasteiger partial charge in [0.2, 0.25) is 0 Å². The van der Waals surface area contributed by atoms with E-state index < -0.39 is 11.8 Å². The zero-order valence-corrected chi connectivity index (χ0v) is 18.6. The summed E-state index contributed by atoms with van der Waals surface area (Å²) in [5.41, 5.74) is 2.33. The molecule has 0 fully saturated rings. The highest BCUT2D eigenvalue weighted by molar-refractivity contribution is 6.37. The smallest absolute Gasteiger partial charge is 0.264 e. The van der Waals surface area contributed by atoms with Crippen molar-refractivity contribution in [1.29, 1.82) is 5.26 Å². The molecule has 0 radical (unpaired) electrons. The van der Waals surface area contributed by atoms with E-state index in [-0.39, 0.29) is 34.2 Å². The third kappa shape index (κ3) is 4.80. The van der Waals surface area contributed by atoms with Crippen molar-refractivity contribution in [2.75, 3.05) is 0 Å². The fourth-order valence-electron chi connectivity index (χ4n) is 3.34. The van der Waals surface area contributed by atoms with Gasteiger partial charge in [-0.15, -0.1) is 0 Å². The predicted octanol–water partition coefficient (Wildman–Crippen LogP) is 4.73. The quantitative estimate of drug-likeness (QED) is 0.422. The molecule has 2 N–H and O–H groups in total. The van der Waals surface area contributed by atoms with Crippen LogP contribution in [0, 0.1) is 11.3 Å². The van der Waals surface area contributed by atoms with Crippen LogP contribution in [-0.4, -0.2) is 17.6 Å². The van der Waals surface area contributed by atoms with Crippen LogP contribution in [0.1, 0.15) is 27.0 Å². The van der Waals surface area contributed by atoms with E-state index in [0.717, 1.165) is 5.56 Å². The third-order valence-corrected chi connectivity index (χ3v) is 5.49. The first-order valence-corrected chi connectivity index (χ1v) is 10.6. The molecule has 0 spiro atoms. The zero-order valence-electron chi connectivity index (χ0n) is 17.1. The number of nitrogens with one attached hydrogen (secondary N) is 2. The lowest BCUT2D eigenvalue weighted by Gasteiger charge is -2.07. The van der Waals surface area contributed by atoms with Crippen molar-refractivity contribution < 1.29 is 9.59 Å². The number of hydrogen-bond acceptors (Lipinski definition) is 4. The fraction of sp³-hybridized carbons (Fsp3) is 0.0400. The van der Waals surface area contributed by atoms with Gasteiger partial charge in [-0.2, -0.15) is 5.26 Å². The first-order chi connectivity index (χ1) is 16.0. The average Bonchev–Trinajstić information content (AvgIpc) is 3.17. The van der Waals surface area contributed by atoms with Gasteiger partial charge in [-0.05, 0) is 23.8 Å². The van der Waals surface area contributed by atoms with Gasteiger partial charge >= 0.3 is 0 Å². The van der Waals surface area contributed by atoms with E-state index >= 15 is 0 Å². The molecule has 1 heterocycles. The van der Waals surface area contributed by atoms with Crippen LogP contribution in [0.3, 0.4) is 0 Å². The average molecular weight is 475 g/mol. The Labute approximate surface area is 200 Å². The molecule has 6 nitrogen and oxygen atoms in total. The molecule has 162 valence electrons. The van der Waals surface area contributed by atoms with E-state index in [9.17, 15) is 14.9 Å². The number of amides is 2. The van der Waals surface area contributed by atoms with E-state index in [1.165, 1.54) is 12.1 Å². The highest BCUT2D eigenvalue weighted by Gasteiger charge is 2.27. The Balaban J connectivity index is 1.64. The van der Waals surface area contributed by atoms with Crippen molar-refractivity contribution >= 4 is 46.5 Å². The van der Waals surface area contributed by atoms with Crippen molar-refractivity contribution in [1.82, 2.24) is 10.6 Å². The summed E-state index contributed by atoms with van der Waals surface area (Å²) in [6, 6.07) is 22.9. The Morgan fingerprint density at radius 2 is 1.64 bits per heavy atom. The molecule has 0 aliphatic carbocycles. The zero-order chi connectivity index (χ0) is 23.4. The number of aliphatic imine (C=N–C) groups is 1. The van der Waals surface area contributed by atoms with Gasteiger partial charge in [0.15, 0.2) is 0 Å². The van der Waals surface area contributed by atoms with Crippen molar-refractivity contribution in [3.8, 4) is 6.07 Å². The monoisotopic (exact) mass is 474 g/mol. The van der Waals surface area contributed by atoms with Gasteiger partial charge in [-0.25, -0.2) is 4.99 Å². The lowest BCUT2D eigenvalue weighted by molar-refractivity contribution is -0.117. The second kappa shape index (κ2) is 9.70. The Morgan fingerprint density at radius 1 is 0.939 bits per heavy atom. The summed E-state index contributed by atoms with van der Waals surface area (Å²) in [6.07, 6.45) is 0. The van der Waals surface area contributed by atoms with Gasteiger partial charge in [-0.1, -0.05) is 77.8 Å². The van der Waals surface area contributed by atoms with Crippen LogP contribution in [-0.2, 0) is 11.3 Å². The fourth-order valence-corrected chi connectivity index (χ4v) is 3.83. The number of hydrogen-bond donors (Lipinski definition) is 2. The van der Waals surface area contributed by atoms with Crippen molar-refractivity contribution in [3.05, 3.63) is 111 Å². The normalized spacial score (nSPS) is 13.4. The Hall–Kier alpha value is -3.92. The maximum absolute atomic E-state index is 12.8. The van der Waals surface area contributed by atoms with Crippen LogP contribution in [0.4, 0.5) is 0 Å². The third-order valence-electron chi connectivity index (χ3n) is 4.94. The molecule has 33 heavy (non-hydrogen) atoms. The Morgan fingerprint density at radius 3 is 2.33 bits per heavy atom. The number of rotatable bonds is 4. The maximum Gasteiger partial charge on any atom is 0.264 e. The van der Waals surface area contributed by atoms with Gasteiger partial charge in [0.05, 0.1) is 16.3 Å². The van der Waals surface area contributed by atoms with Gasteiger partial charge in [0.1, 0.15) is 17.5 Å². The van der Waals surface area contributed by atoms with Crippen LogP contribution in [0.2, 0.25) is 10.0 Å². The molecule has 8 heteroatoms. The van der Waals surface area contributed by atoms with Crippen molar-refractivity contribution in [2.45, 2.75) is 6.54 Å². The molecule has 0 aromatic heterocycles. The highest BCUT2D eigenvalue weighted by atomic mass is 35.5. The van der Waals surface area contributed by atoms with Crippen molar-refractivity contribution in [2.24, 2.45) is 4.99 Å². The number of fused-ring (bicyclic) bond motifs is 1. The molecule has 3 aromatic carbocycles. The lowest BCUT2D eigenvalue weighted by Crippen LogP contribution is -2.30. The minimum atomic E-state index is -0.553. The van der Waals surface area contributed by atoms with E-state index in [0.29, 0.717) is 16.1 Å². The summed E-state index contributed by atoms with van der Waals surface area (Å²) in [5, 5.41) is 15.8. The molecular formula is C25H16Cl2N4O2. The van der Waals surface area contributed by atoms with Gasteiger partial charge in [-0.3, -0.25) is 9.59 Å². The summed E-state index contributed by atoms with van der Waals surface area (Å²) < 4.78 is 0. The molecule has 0 atom stereocenters. The van der Waals surface area contributed by atoms with Crippen LogP contribution in [0.5, 0.6) is 0 Å². The topological polar surface area (TPSA) is 94.3 Å². The molecule has 1 aliphatic heterocycles. The minimum Gasteiger partial charge on any atom is -0.347 e. The minimum absolute atomic E-state index is 0.146. The molecular weight excluding hydrogens is 459 g/mol. The number of carbonyl (C=O) groups is 2. The van der Waals surface area contributed by atoms with Crippen LogP contribution in [0.25, 0.3) is 5.70 Å². The molecule has 0 saturated carbocycles. The SMILES string of the molecule is N#C/C(C(=O)NCc1ccccc1)=C1/N=C(NC(=O)c2ccc(Cl)cc2Cl)c2ccccc21. The summed E-state index contributed by atoms with van der Waals surface area (Å²) in [6.45, 7) is 0.266. The number of carbonyl (C=O) groups excluding carboxylic acids is 2.